The van der Waals surface area contributed by atoms with Crippen LogP contribution in [-0.4, -0.2) is 30.2 Å². The molecule has 0 spiro atoms. The number of hydrogen-bond donors (Lipinski definition) is 0. The first-order chi connectivity index (χ1) is 17.9. The van der Waals surface area contributed by atoms with Gasteiger partial charge < -0.3 is 9.15 Å². The Morgan fingerprint density at radius 1 is 0.757 bits per heavy atom. The van der Waals surface area contributed by atoms with Gasteiger partial charge >= 0.3 is 5.97 Å². The summed E-state index contributed by atoms with van der Waals surface area (Å²) in [6, 6.07) is 23.0. The normalized spacial score (nSPS) is 12.8. The van der Waals surface area contributed by atoms with Crippen molar-refractivity contribution >= 4 is 62.8 Å². The Labute approximate surface area is 214 Å². The molecule has 180 valence electrons. The van der Waals surface area contributed by atoms with E-state index >= 15 is 0 Å². The first-order valence-electron chi connectivity index (χ1n) is 11.3. The van der Waals surface area contributed by atoms with Gasteiger partial charge in [-0.05, 0) is 60.7 Å². The molecule has 4 aromatic carbocycles. The van der Waals surface area contributed by atoms with Crippen molar-refractivity contribution in [3.05, 3.63) is 112 Å². The number of furan rings is 1. The summed E-state index contributed by atoms with van der Waals surface area (Å²) < 4.78 is 11.0. The monoisotopic (exact) mass is 509 g/mol. The summed E-state index contributed by atoms with van der Waals surface area (Å²) >= 11 is 5.83. The predicted molar refractivity (Wildman–Crippen MR) is 137 cm³/mol. The fourth-order valence-corrected chi connectivity index (χ4v) is 4.52. The molecule has 6 rings (SSSR count). The number of imide groups is 1. The minimum atomic E-state index is -0.785. The number of carbonyl (C=O) groups excluding carboxylic acids is 4. The molecule has 0 N–H and O–H groups in total. The van der Waals surface area contributed by atoms with Gasteiger partial charge in [0.25, 0.3) is 11.8 Å². The molecule has 2 amide bonds. The second-order valence-electron chi connectivity index (χ2n) is 8.49. The maximum Gasteiger partial charge on any atom is 0.338 e. The summed E-state index contributed by atoms with van der Waals surface area (Å²) in [6.07, 6.45) is 0. The fourth-order valence-electron chi connectivity index (χ4n) is 4.39. The number of ether oxygens (including phenoxy) is 1. The molecule has 0 atom stereocenters. The van der Waals surface area contributed by atoms with E-state index in [1.54, 1.807) is 30.3 Å². The van der Waals surface area contributed by atoms with Crippen LogP contribution in [0.5, 0.6) is 0 Å². The van der Waals surface area contributed by atoms with E-state index in [4.69, 9.17) is 20.8 Å². The molecule has 1 aromatic heterocycles. The van der Waals surface area contributed by atoms with E-state index in [0.29, 0.717) is 27.4 Å². The van der Waals surface area contributed by atoms with Gasteiger partial charge in [0.1, 0.15) is 11.2 Å². The summed E-state index contributed by atoms with van der Waals surface area (Å²) in [5.41, 5.74) is 2.26. The van der Waals surface area contributed by atoms with Crippen LogP contribution >= 0.6 is 11.6 Å². The third-order valence-corrected chi connectivity index (χ3v) is 6.50. The Morgan fingerprint density at radius 3 is 2.27 bits per heavy atom. The smallest absolute Gasteiger partial charge is 0.338 e. The van der Waals surface area contributed by atoms with Gasteiger partial charge in [0.2, 0.25) is 0 Å². The number of halogens is 1. The lowest BCUT2D eigenvalue weighted by Crippen LogP contribution is -2.29. The van der Waals surface area contributed by atoms with E-state index in [9.17, 15) is 19.2 Å². The number of benzene rings is 4. The summed E-state index contributed by atoms with van der Waals surface area (Å²) in [7, 11) is 0. The SMILES string of the molecule is O=C(COC(=O)c1ccc2c(c1)C(=O)N(c1ccc3c(c1)oc1ccccc13)C2=O)c1ccc(Cl)cc1. The zero-order valence-corrected chi connectivity index (χ0v) is 19.8. The van der Waals surface area contributed by atoms with Crippen molar-refractivity contribution in [2.24, 2.45) is 0 Å². The average Bonchev–Trinajstić information content (AvgIpc) is 3.41. The van der Waals surface area contributed by atoms with Crippen molar-refractivity contribution in [1.82, 2.24) is 0 Å². The summed E-state index contributed by atoms with van der Waals surface area (Å²) in [5.74, 6) is -2.26. The maximum atomic E-state index is 13.2. The lowest BCUT2D eigenvalue weighted by Gasteiger charge is -2.13. The Morgan fingerprint density at radius 2 is 1.46 bits per heavy atom. The van der Waals surface area contributed by atoms with Gasteiger partial charge in [-0.15, -0.1) is 0 Å². The van der Waals surface area contributed by atoms with Gasteiger partial charge in [-0.1, -0.05) is 29.8 Å². The number of hydrogen-bond acceptors (Lipinski definition) is 6. The Kier molecular flexibility index (Phi) is 5.35. The minimum absolute atomic E-state index is 0.0541. The van der Waals surface area contributed by atoms with E-state index in [1.807, 2.05) is 24.3 Å². The summed E-state index contributed by atoms with van der Waals surface area (Å²) in [6.45, 7) is -0.478. The van der Waals surface area contributed by atoms with Crippen molar-refractivity contribution in [2.45, 2.75) is 0 Å². The van der Waals surface area contributed by atoms with Crippen LogP contribution in [0.2, 0.25) is 5.02 Å². The topological polar surface area (TPSA) is 93.9 Å². The highest BCUT2D eigenvalue weighted by Gasteiger charge is 2.37. The maximum absolute atomic E-state index is 13.2. The van der Waals surface area contributed by atoms with Crippen LogP contribution in [0.4, 0.5) is 5.69 Å². The van der Waals surface area contributed by atoms with Gasteiger partial charge in [0.15, 0.2) is 12.4 Å². The Balaban J connectivity index is 1.23. The van der Waals surface area contributed by atoms with Crippen molar-refractivity contribution in [1.29, 1.82) is 0 Å². The molecule has 5 aromatic rings. The number of anilines is 1. The molecule has 2 heterocycles. The van der Waals surface area contributed by atoms with Gasteiger partial charge in [-0.3, -0.25) is 14.4 Å². The summed E-state index contributed by atoms with van der Waals surface area (Å²) in [5, 5.41) is 2.29. The number of nitrogens with zero attached hydrogens (tertiary/aromatic N) is 1. The highest BCUT2D eigenvalue weighted by molar-refractivity contribution is 6.35. The van der Waals surface area contributed by atoms with Crippen molar-refractivity contribution in [3.63, 3.8) is 0 Å². The van der Waals surface area contributed by atoms with Gasteiger partial charge in [0.05, 0.1) is 22.4 Å². The molecule has 0 aliphatic carbocycles. The lowest BCUT2D eigenvalue weighted by molar-refractivity contribution is 0.0474. The third kappa shape index (κ3) is 3.86. The van der Waals surface area contributed by atoms with Crippen LogP contribution in [-0.2, 0) is 4.74 Å². The fraction of sp³-hybridized carbons (Fsp3) is 0.0345. The zero-order chi connectivity index (χ0) is 25.7. The molecule has 0 fully saturated rings. The van der Waals surface area contributed by atoms with Crippen LogP contribution in [0.3, 0.4) is 0 Å². The average molecular weight is 510 g/mol. The van der Waals surface area contributed by atoms with Crippen molar-refractivity contribution < 1.29 is 28.3 Å². The summed E-state index contributed by atoms with van der Waals surface area (Å²) in [4.78, 5) is 52.3. The Hall–Kier alpha value is -4.75. The highest BCUT2D eigenvalue weighted by atomic mass is 35.5. The number of ketones is 1. The predicted octanol–water partition coefficient (Wildman–Crippen LogP) is 6.08. The van der Waals surface area contributed by atoms with E-state index in [2.05, 4.69) is 0 Å². The van der Waals surface area contributed by atoms with E-state index in [-0.39, 0.29) is 16.7 Å². The molecular formula is C29H16ClNO6. The standard InChI is InChI=1S/C29H16ClNO6/c30-18-8-5-16(6-9-18)24(32)15-36-29(35)17-7-11-22-23(13-17)28(34)31(27(22)33)19-10-12-21-20-3-1-2-4-25(20)37-26(21)14-19/h1-14H,15H2. The molecule has 0 saturated heterocycles. The number of rotatable bonds is 5. The van der Waals surface area contributed by atoms with Crippen LogP contribution in [0.15, 0.2) is 89.3 Å². The molecule has 1 aliphatic rings. The first-order valence-corrected chi connectivity index (χ1v) is 11.7. The second-order valence-corrected chi connectivity index (χ2v) is 8.93. The third-order valence-electron chi connectivity index (χ3n) is 6.24. The zero-order valence-electron chi connectivity index (χ0n) is 19.1. The van der Waals surface area contributed by atoms with Crippen molar-refractivity contribution in [3.8, 4) is 0 Å². The van der Waals surface area contributed by atoms with Crippen LogP contribution < -0.4 is 4.90 Å². The molecular weight excluding hydrogens is 494 g/mol. The number of fused-ring (bicyclic) bond motifs is 4. The van der Waals surface area contributed by atoms with Gasteiger partial charge in [0, 0.05) is 27.4 Å². The van der Waals surface area contributed by atoms with E-state index < -0.39 is 30.2 Å². The molecule has 37 heavy (non-hydrogen) atoms. The number of Topliss-reactive ketones (excluding diaryl/α,β-unsaturated/α-hetero) is 1. The van der Waals surface area contributed by atoms with Crippen molar-refractivity contribution in [2.75, 3.05) is 11.5 Å². The largest absolute Gasteiger partial charge is 0.456 e. The molecule has 7 nitrogen and oxygen atoms in total. The molecule has 0 unspecified atom stereocenters. The quantitative estimate of drug-likeness (QED) is 0.162. The van der Waals surface area contributed by atoms with Crippen LogP contribution in [0, 0.1) is 0 Å². The van der Waals surface area contributed by atoms with Gasteiger partial charge in [-0.2, -0.15) is 0 Å². The number of para-hydroxylation sites is 1. The number of carbonyl (C=O) groups is 4. The first kappa shape index (κ1) is 22.7. The molecule has 1 aliphatic heterocycles. The van der Waals surface area contributed by atoms with Crippen LogP contribution in [0.25, 0.3) is 21.9 Å². The lowest BCUT2D eigenvalue weighted by atomic mass is 10.1. The minimum Gasteiger partial charge on any atom is -0.456 e. The second kappa shape index (κ2) is 8.72. The highest BCUT2D eigenvalue weighted by Crippen LogP contribution is 2.34. The van der Waals surface area contributed by atoms with Crippen LogP contribution in [0.1, 0.15) is 41.4 Å². The van der Waals surface area contributed by atoms with Gasteiger partial charge in [-0.25, -0.2) is 9.69 Å². The van der Waals surface area contributed by atoms with E-state index in [1.165, 1.54) is 30.3 Å². The van der Waals surface area contributed by atoms with E-state index in [0.717, 1.165) is 15.7 Å². The Bertz CT molecular complexity index is 1770. The molecule has 0 saturated carbocycles. The molecule has 0 bridgehead atoms. The number of esters is 1. The molecule has 8 heteroatoms. The number of amides is 2. The molecule has 0 radical (unpaired) electrons.